The Morgan fingerprint density at radius 2 is 1.07 bits per heavy atom. The molecule has 0 aliphatic carbocycles. The molecule has 1 rings (SSSR count). The second kappa shape index (κ2) is 8.74. The van der Waals surface area contributed by atoms with Gasteiger partial charge in [-0.3, -0.25) is 16.7 Å². The molecule has 0 radical (unpaired) electrons. The normalized spacial score (nSPS) is 30.2. The number of aliphatic hydroxyl groups excluding tert-OH is 1. The molecule has 0 saturated carbocycles. The van der Waals surface area contributed by atoms with Crippen LogP contribution in [0.4, 0.5) is 0 Å². The smallest absolute Gasteiger partial charge is 0.264 e. The van der Waals surface area contributed by atoms with E-state index in [2.05, 4.69) is 12.5 Å². The zero-order valence-electron chi connectivity index (χ0n) is 15.0. The Bertz CT molecular complexity index is 963. The summed E-state index contributed by atoms with van der Waals surface area (Å²) in [5.41, 5.74) is 0. The van der Waals surface area contributed by atoms with E-state index in [1.54, 1.807) is 0 Å². The summed E-state index contributed by atoms with van der Waals surface area (Å²) in [6.45, 7) is -0.911. The average Bonchev–Trinajstić information content (AvgIpc) is 2.39. The van der Waals surface area contributed by atoms with Crippen molar-refractivity contribution in [2.75, 3.05) is 31.6 Å². The molecule has 0 aromatic heterocycles. The molecule has 1 N–H and O–H groups in total. The topological polar surface area (TPSA) is 203 Å². The van der Waals surface area contributed by atoms with Gasteiger partial charge in [0.15, 0.2) is 12.4 Å². The van der Waals surface area contributed by atoms with Crippen molar-refractivity contribution in [3.05, 3.63) is 0 Å². The number of hydrogen-bond acceptors (Lipinski definition) is 14. The van der Waals surface area contributed by atoms with Gasteiger partial charge in [-0.25, -0.2) is 0 Å². The van der Waals surface area contributed by atoms with Gasteiger partial charge < -0.3 is 9.84 Å². The van der Waals surface area contributed by atoms with Crippen LogP contribution in [0.2, 0.25) is 0 Å². The third kappa shape index (κ3) is 9.37. The Morgan fingerprint density at radius 1 is 0.679 bits per heavy atom. The maximum absolute atomic E-state index is 11.6. The third-order valence-corrected chi connectivity index (χ3v) is 5.19. The minimum atomic E-state index is -4.37. The highest BCUT2D eigenvalue weighted by Crippen LogP contribution is 2.30. The Labute approximate surface area is 163 Å². The van der Waals surface area contributed by atoms with Crippen LogP contribution in [0.25, 0.3) is 0 Å². The molecule has 28 heavy (non-hydrogen) atoms. The zero-order chi connectivity index (χ0) is 22.1. The Morgan fingerprint density at radius 3 is 1.46 bits per heavy atom. The van der Waals surface area contributed by atoms with Gasteiger partial charge in [-0.15, -0.1) is 0 Å². The molecule has 1 aliphatic rings. The molecule has 1 aliphatic heterocycles. The first-order valence-electron chi connectivity index (χ1n) is 7.10. The van der Waals surface area contributed by atoms with Gasteiger partial charge in [-0.1, -0.05) is 0 Å². The predicted molar refractivity (Wildman–Crippen MR) is 90.8 cm³/mol. The van der Waals surface area contributed by atoms with E-state index < -0.39 is 77.8 Å². The maximum Gasteiger partial charge on any atom is 0.264 e. The SMILES string of the molecule is CS(=O)(=O)OC[C@@H]1O[C@@H](O)[C@@H](OS(C)(=O)=O)[C@H](OS(C)(=O)=O)[C@@H]1OS(C)(=O)=O. The van der Waals surface area contributed by atoms with Gasteiger partial charge in [0.2, 0.25) is 0 Å². The Kier molecular flexibility index (Phi) is 7.99. The number of hydrogen-bond donors (Lipinski definition) is 1. The average molecular weight is 493 g/mol. The van der Waals surface area contributed by atoms with E-state index in [1.807, 2.05) is 0 Å². The van der Waals surface area contributed by atoms with E-state index in [9.17, 15) is 38.8 Å². The second-order valence-electron chi connectivity index (χ2n) is 5.85. The molecular weight excluding hydrogens is 472 g/mol. The fraction of sp³-hybridized carbons (Fsp3) is 1.00. The molecule has 0 spiro atoms. The van der Waals surface area contributed by atoms with Crippen molar-refractivity contribution in [1.82, 2.24) is 0 Å². The van der Waals surface area contributed by atoms with E-state index in [-0.39, 0.29) is 0 Å². The summed E-state index contributed by atoms with van der Waals surface area (Å²) in [6.07, 6.45) is -7.58. The van der Waals surface area contributed by atoms with E-state index in [4.69, 9.17) is 8.92 Å². The van der Waals surface area contributed by atoms with Crippen LogP contribution < -0.4 is 0 Å². The fourth-order valence-corrected chi connectivity index (χ4v) is 4.40. The van der Waals surface area contributed by atoms with Gasteiger partial charge in [0.25, 0.3) is 40.5 Å². The van der Waals surface area contributed by atoms with Crippen molar-refractivity contribution < 1.29 is 60.2 Å². The summed E-state index contributed by atoms with van der Waals surface area (Å²) in [5.74, 6) is 0. The van der Waals surface area contributed by atoms with Crippen molar-refractivity contribution in [2.24, 2.45) is 0 Å². The first kappa shape index (κ1) is 25.6. The monoisotopic (exact) mass is 492 g/mol. The molecular formula is C10H20O14S4. The Balaban J connectivity index is 3.42. The van der Waals surface area contributed by atoms with Crippen LogP contribution in [0.5, 0.6) is 0 Å². The molecule has 0 unspecified atom stereocenters. The summed E-state index contributed by atoms with van der Waals surface area (Å²) < 4.78 is 115. The standard InChI is InChI=1S/C10H20O14S4/c1-25(12,13)20-5-6-7(22-26(2,14)15)8(23-27(3,16)17)9(10(11)21-6)24-28(4,18)19/h6-11H,5H2,1-4H3/t6-,7+,8+,9-,10+/m0/s1. The molecule has 1 saturated heterocycles. The lowest BCUT2D eigenvalue weighted by molar-refractivity contribution is -0.267. The van der Waals surface area contributed by atoms with Gasteiger partial charge in [0.05, 0.1) is 31.6 Å². The van der Waals surface area contributed by atoms with Gasteiger partial charge in [0.1, 0.15) is 18.3 Å². The fourth-order valence-electron chi connectivity index (χ4n) is 2.15. The van der Waals surface area contributed by atoms with E-state index >= 15 is 0 Å². The van der Waals surface area contributed by atoms with Crippen molar-refractivity contribution >= 4 is 40.5 Å². The Hall–Kier alpha value is -0.440. The highest BCUT2D eigenvalue weighted by atomic mass is 32.2. The number of aliphatic hydroxyl groups is 1. The molecule has 0 bridgehead atoms. The summed E-state index contributed by atoms with van der Waals surface area (Å²) in [4.78, 5) is 0. The van der Waals surface area contributed by atoms with Crippen molar-refractivity contribution in [1.29, 1.82) is 0 Å². The van der Waals surface area contributed by atoms with Gasteiger partial charge in [-0.05, 0) is 0 Å². The molecule has 1 fully saturated rings. The second-order valence-corrected chi connectivity index (χ2v) is 12.3. The van der Waals surface area contributed by atoms with Crippen molar-refractivity contribution in [3.63, 3.8) is 0 Å². The lowest BCUT2D eigenvalue weighted by atomic mass is 9.99. The first-order chi connectivity index (χ1) is 12.3. The number of rotatable bonds is 9. The number of ether oxygens (including phenoxy) is 1. The summed E-state index contributed by atoms with van der Waals surface area (Å²) >= 11 is 0. The predicted octanol–water partition coefficient (Wildman–Crippen LogP) is -3.29. The third-order valence-electron chi connectivity index (χ3n) is 2.91. The molecule has 1 heterocycles. The molecule has 18 heteroatoms. The van der Waals surface area contributed by atoms with Crippen molar-refractivity contribution in [2.45, 2.75) is 30.7 Å². The van der Waals surface area contributed by atoms with Gasteiger partial charge >= 0.3 is 0 Å². The first-order valence-corrected chi connectivity index (χ1v) is 14.4. The molecule has 5 atom stereocenters. The lowest BCUT2D eigenvalue weighted by Gasteiger charge is -2.42. The summed E-state index contributed by atoms with van der Waals surface area (Å²) in [7, 11) is -17.1. The molecule has 168 valence electrons. The zero-order valence-corrected chi connectivity index (χ0v) is 18.2. The molecule has 0 amide bonds. The van der Waals surface area contributed by atoms with E-state index in [0.717, 1.165) is 0 Å². The molecule has 0 aromatic carbocycles. The van der Waals surface area contributed by atoms with Crippen LogP contribution >= 0.6 is 0 Å². The van der Waals surface area contributed by atoms with Crippen molar-refractivity contribution in [3.8, 4) is 0 Å². The van der Waals surface area contributed by atoms with E-state index in [1.165, 1.54) is 0 Å². The van der Waals surface area contributed by atoms with Crippen LogP contribution in [-0.2, 0) is 61.9 Å². The maximum atomic E-state index is 11.6. The van der Waals surface area contributed by atoms with Gasteiger partial charge in [-0.2, -0.15) is 33.7 Å². The molecule has 14 nitrogen and oxygen atoms in total. The molecule has 0 aromatic rings. The highest BCUT2D eigenvalue weighted by molar-refractivity contribution is 7.86. The lowest BCUT2D eigenvalue weighted by Crippen LogP contribution is -2.62. The van der Waals surface area contributed by atoms with Crippen LogP contribution in [0.15, 0.2) is 0 Å². The van der Waals surface area contributed by atoms with Crippen LogP contribution in [0.1, 0.15) is 0 Å². The van der Waals surface area contributed by atoms with Gasteiger partial charge in [0, 0.05) is 0 Å². The quantitative estimate of drug-likeness (QED) is 0.314. The van der Waals surface area contributed by atoms with E-state index in [0.29, 0.717) is 25.0 Å². The summed E-state index contributed by atoms with van der Waals surface area (Å²) in [5, 5.41) is 10.0. The minimum absolute atomic E-state index is 0.561. The largest absolute Gasteiger partial charge is 0.366 e. The van der Waals surface area contributed by atoms with Crippen LogP contribution in [0, 0.1) is 0 Å². The highest BCUT2D eigenvalue weighted by Gasteiger charge is 2.52. The van der Waals surface area contributed by atoms with Crippen LogP contribution in [-0.4, -0.2) is 101 Å². The summed E-state index contributed by atoms with van der Waals surface area (Å²) in [6, 6.07) is 0. The van der Waals surface area contributed by atoms with Crippen LogP contribution in [0.3, 0.4) is 0 Å². The minimum Gasteiger partial charge on any atom is -0.366 e.